The van der Waals surface area contributed by atoms with Crippen LogP contribution in [0.3, 0.4) is 0 Å². The van der Waals surface area contributed by atoms with Gasteiger partial charge in [0.15, 0.2) is 0 Å². The Balaban J connectivity index is 0.00000274. The van der Waals surface area contributed by atoms with Crippen LogP contribution in [0.5, 0.6) is 5.75 Å². The number of ether oxygens (including phenoxy) is 1. The highest BCUT2D eigenvalue weighted by atomic mass is 35.5. The van der Waals surface area contributed by atoms with Gasteiger partial charge in [-0.05, 0) is 61.4 Å². The largest absolute Gasteiger partial charge is 0.494 e. The van der Waals surface area contributed by atoms with Crippen molar-refractivity contribution in [1.82, 2.24) is 9.80 Å². The molecule has 7 heteroatoms. The normalized spacial score (nSPS) is 15.2. The number of rotatable bonds is 5. The van der Waals surface area contributed by atoms with E-state index in [9.17, 15) is 0 Å². The van der Waals surface area contributed by atoms with Crippen LogP contribution in [0, 0.1) is 6.92 Å². The highest BCUT2D eigenvalue weighted by Gasteiger charge is 2.24. The molecule has 5 nitrogen and oxygen atoms in total. The SMILES string of the molecule is Cc1cccc(OCCCN2CCN(C3=Nc4cc(Cl)ccc4Nc4ccccc43)CC2)c1.Cl. The fourth-order valence-electron chi connectivity index (χ4n) is 4.42. The maximum absolute atomic E-state index is 6.27. The molecule has 1 N–H and O–H groups in total. The van der Waals surface area contributed by atoms with E-state index in [1.165, 1.54) is 5.56 Å². The molecule has 0 saturated carbocycles. The first-order chi connectivity index (χ1) is 16.2. The first kappa shape index (κ1) is 24.4. The van der Waals surface area contributed by atoms with Crippen molar-refractivity contribution in [2.24, 2.45) is 4.99 Å². The van der Waals surface area contributed by atoms with Crippen molar-refractivity contribution >= 4 is 46.9 Å². The molecule has 0 aliphatic carbocycles. The molecule has 0 aromatic heterocycles. The Morgan fingerprint density at radius 3 is 2.59 bits per heavy atom. The zero-order valence-corrected chi connectivity index (χ0v) is 20.9. The van der Waals surface area contributed by atoms with Crippen LogP contribution in [0.25, 0.3) is 0 Å². The van der Waals surface area contributed by atoms with Crippen LogP contribution in [-0.4, -0.2) is 55.0 Å². The summed E-state index contributed by atoms with van der Waals surface area (Å²) < 4.78 is 5.92. The van der Waals surface area contributed by atoms with E-state index in [4.69, 9.17) is 21.3 Å². The number of anilines is 2. The topological polar surface area (TPSA) is 40.1 Å². The molecule has 1 saturated heterocycles. The van der Waals surface area contributed by atoms with Crippen LogP contribution in [-0.2, 0) is 0 Å². The highest BCUT2D eigenvalue weighted by Crippen LogP contribution is 2.36. The van der Waals surface area contributed by atoms with Crippen molar-refractivity contribution in [1.29, 1.82) is 0 Å². The van der Waals surface area contributed by atoms with Crippen LogP contribution in [0.15, 0.2) is 71.7 Å². The number of piperazine rings is 1. The van der Waals surface area contributed by atoms with Gasteiger partial charge in [-0.15, -0.1) is 12.4 Å². The minimum absolute atomic E-state index is 0. The van der Waals surface area contributed by atoms with E-state index in [2.05, 4.69) is 58.4 Å². The van der Waals surface area contributed by atoms with Crippen LogP contribution < -0.4 is 10.1 Å². The summed E-state index contributed by atoms with van der Waals surface area (Å²) in [6.45, 7) is 7.80. The first-order valence-corrected chi connectivity index (χ1v) is 11.9. The van der Waals surface area contributed by atoms with E-state index in [1.54, 1.807) is 0 Å². The monoisotopic (exact) mass is 496 g/mol. The number of aryl methyl sites for hydroxylation is 1. The lowest BCUT2D eigenvalue weighted by atomic mass is 10.1. The lowest BCUT2D eigenvalue weighted by Gasteiger charge is -2.36. The Morgan fingerprint density at radius 2 is 1.76 bits per heavy atom. The lowest BCUT2D eigenvalue weighted by Crippen LogP contribution is -2.49. The molecule has 0 bridgehead atoms. The molecule has 178 valence electrons. The minimum Gasteiger partial charge on any atom is -0.494 e. The van der Waals surface area contributed by atoms with Gasteiger partial charge in [-0.2, -0.15) is 0 Å². The Kier molecular flexibility index (Phi) is 7.99. The molecule has 0 atom stereocenters. The molecule has 1 fully saturated rings. The smallest absolute Gasteiger partial charge is 0.138 e. The van der Waals surface area contributed by atoms with Gasteiger partial charge in [-0.3, -0.25) is 4.90 Å². The number of fused-ring (bicyclic) bond motifs is 2. The molecule has 34 heavy (non-hydrogen) atoms. The predicted molar refractivity (Wildman–Crippen MR) is 144 cm³/mol. The fraction of sp³-hybridized carbons (Fsp3) is 0.296. The van der Waals surface area contributed by atoms with Crippen LogP contribution in [0.2, 0.25) is 5.02 Å². The molecular formula is C27H30Cl2N4O. The summed E-state index contributed by atoms with van der Waals surface area (Å²) in [6.07, 6.45) is 1.02. The average molecular weight is 497 g/mol. The van der Waals surface area contributed by atoms with Gasteiger partial charge in [0.25, 0.3) is 0 Å². The number of benzene rings is 3. The standard InChI is InChI=1S/C27H29ClN4O.ClH/c1-20-6-4-7-22(18-20)33-17-5-12-31-13-15-32(16-14-31)27-23-8-2-3-9-24(23)29-25-11-10-21(28)19-26(25)30-27;/h2-4,6-11,18-19,29H,5,12-17H2,1H3;1H. The van der Waals surface area contributed by atoms with Crippen LogP contribution in [0.1, 0.15) is 17.5 Å². The number of aliphatic imine (C=N–C) groups is 1. The lowest BCUT2D eigenvalue weighted by molar-refractivity contribution is 0.169. The van der Waals surface area contributed by atoms with Crippen LogP contribution >= 0.6 is 24.0 Å². The number of nitrogens with one attached hydrogen (secondary N) is 1. The molecule has 2 heterocycles. The van der Waals surface area contributed by atoms with Gasteiger partial charge >= 0.3 is 0 Å². The van der Waals surface area contributed by atoms with E-state index >= 15 is 0 Å². The van der Waals surface area contributed by atoms with Gasteiger partial charge in [-0.1, -0.05) is 35.9 Å². The van der Waals surface area contributed by atoms with Crippen molar-refractivity contribution < 1.29 is 4.74 Å². The van der Waals surface area contributed by atoms with Crippen molar-refractivity contribution in [3.05, 3.63) is 82.9 Å². The van der Waals surface area contributed by atoms with E-state index in [1.807, 2.05) is 30.3 Å². The fourth-order valence-corrected chi connectivity index (χ4v) is 4.58. The zero-order valence-electron chi connectivity index (χ0n) is 19.3. The molecule has 0 unspecified atom stereocenters. The maximum Gasteiger partial charge on any atom is 0.138 e. The molecule has 2 aliphatic heterocycles. The summed E-state index contributed by atoms with van der Waals surface area (Å²) in [6, 6.07) is 22.5. The molecule has 0 amide bonds. The molecule has 3 aromatic rings. The molecule has 2 aliphatic rings. The third-order valence-electron chi connectivity index (χ3n) is 6.17. The second-order valence-electron chi connectivity index (χ2n) is 8.61. The van der Waals surface area contributed by atoms with E-state index in [0.29, 0.717) is 5.02 Å². The molecule has 5 rings (SSSR count). The first-order valence-electron chi connectivity index (χ1n) is 11.6. The van der Waals surface area contributed by atoms with Gasteiger partial charge in [0, 0.05) is 49.0 Å². The molecule has 0 radical (unpaired) electrons. The molecule has 3 aromatic carbocycles. The number of hydrogen-bond donors (Lipinski definition) is 1. The van der Waals surface area contributed by atoms with Crippen molar-refractivity contribution in [2.45, 2.75) is 13.3 Å². The zero-order chi connectivity index (χ0) is 22.6. The third-order valence-corrected chi connectivity index (χ3v) is 6.41. The summed E-state index contributed by atoms with van der Waals surface area (Å²) in [4.78, 5) is 9.98. The van der Waals surface area contributed by atoms with Gasteiger partial charge < -0.3 is 15.0 Å². The molecular weight excluding hydrogens is 467 g/mol. The molecule has 0 spiro atoms. The van der Waals surface area contributed by atoms with Gasteiger partial charge in [0.1, 0.15) is 11.6 Å². The quantitative estimate of drug-likeness (QED) is 0.421. The summed E-state index contributed by atoms with van der Waals surface area (Å²) >= 11 is 6.27. The Bertz CT molecular complexity index is 1160. The summed E-state index contributed by atoms with van der Waals surface area (Å²) in [7, 11) is 0. The third kappa shape index (κ3) is 5.66. The number of halogens is 2. The Morgan fingerprint density at radius 1 is 0.941 bits per heavy atom. The van der Waals surface area contributed by atoms with Gasteiger partial charge in [0.05, 0.1) is 18.0 Å². The second kappa shape index (κ2) is 11.1. The summed E-state index contributed by atoms with van der Waals surface area (Å²) in [5, 5.41) is 4.23. The summed E-state index contributed by atoms with van der Waals surface area (Å²) in [5.41, 5.74) is 5.29. The average Bonchev–Trinajstić information content (AvgIpc) is 2.99. The van der Waals surface area contributed by atoms with Crippen LogP contribution in [0.4, 0.5) is 17.1 Å². The van der Waals surface area contributed by atoms with E-state index in [-0.39, 0.29) is 12.4 Å². The van der Waals surface area contributed by atoms with Crippen molar-refractivity contribution in [3.8, 4) is 5.75 Å². The van der Waals surface area contributed by atoms with E-state index < -0.39 is 0 Å². The van der Waals surface area contributed by atoms with Gasteiger partial charge in [-0.25, -0.2) is 4.99 Å². The summed E-state index contributed by atoms with van der Waals surface area (Å²) in [5.74, 6) is 1.97. The van der Waals surface area contributed by atoms with E-state index in [0.717, 1.165) is 80.0 Å². The Hall–Kier alpha value is -2.73. The number of hydrogen-bond acceptors (Lipinski definition) is 5. The number of para-hydroxylation sites is 1. The number of amidine groups is 1. The number of nitrogens with zero attached hydrogens (tertiary/aromatic N) is 3. The van der Waals surface area contributed by atoms with Gasteiger partial charge in [0.2, 0.25) is 0 Å². The second-order valence-corrected chi connectivity index (χ2v) is 9.05. The van der Waals surface area contributed by atoms with Crippen molar-refractivity contribution in [2.75, 3.05) is 44.6 Å². The minimum atomic E-state index is 0. The Labute approximate surface area is 212 Å². The van der Waals surface area contributed by atoms with Crippen molar-refractivity contribution in [3.63, 3.8) is 0 Å². The predicted octanol–water partition coefficient (Wildman–Crippen LogP) is 6.29. The highest BCUT2D eigenvalue weighted by molar-refractivity contribution is 6.31. The maximum atomic E-state index is 6.27.